The van der Waals surface area contributed by atoms with Gasteiger partial charge in [-0.3, -0.25) is 14.4 Å². The van der Waals surface area contributed by atoms with Crippen LogP contribution >= 0.6 is 0 Å². The average molecular weight is 217 g/mol. The van der Waals surface area contributed by atoms with Gasteiger partial charge in [-0.15, -0.1) is 0 Å². The number of aromatic nitrogens is 2. The number of rotatable bonds is 2. The van der Waals surface area contributed by atoms with Crippen molar-refractivity contribution in [2.24, 2.45) is 0 Å². The minimum atomic E-state index is 0.0476. The number of nitrogens with zero attached hydrogens (tertiary/aromatic N) is 1. The van der Waals surface area contributed by atoms with Crippen molar-refractivity contribution in [2.45, 2.75) is 31.7 Å². The number of hydrogen-bond acceptors (Lipinski definition) is 2. The number of fused-ring (bicyclic) bond motifs is 1. The fourth-order valence-electron chi connectivity index (χ4n) is 2.38. The smallest absolute Gasteiger partial charge is 0.182 e. The molecule has 2 aromatic rings. The van der Waals surface area contributed by atoms with Gasteiger partial charge in [0.25, 0.3) is 0 Å². The molecule has 0 saturated heterocycles. The van der Waals surface area contributed by atoms with Crippen LogP contribution in [-0.4, -0.2) is 15.7 Å². The van der Waals surface area contributed by atoms with Gasteiger partial charge in [0, 0.05) is 30.4 Å². The molecule has 1 saturated carbocycles. The van der Waals surface area contributed by atoms with E-state index in [0.717, 1.165) is 11.3 Å². The monoisotopic (exact) mass is 217 g/mol. The summed E-state index contributed by atoms with van der Waals surface area (Å²) < 4.78 is 1.86. The molecule has 0 unspecified atom stereocenters. The van der Waals surface area contributed by atoms with E-state index in [1.165, 1.54) is 25.7 Å². The summed E-state index contributed by atoms with van der Waals surface area (Å²) in [6.45, 7) is 0. The van der Waals surface area contributed by atoms with Gasteiger partial charge in [0.2, 0.25) is 0 Å². The maximum absolute atomic E-state index is 11.2. The highest BCUT2D eigenvalue weighted by atomic mass is 16.1. The van der Waals surface area contributed by atoms with Gasteiger partial charge in [-0.2, -0.15) is 0 Å². The lowest BCUT2D eigenvalue weighted by molar-refractivity contribution is 0.747. The fraction of sp³-hybridized carbons (Fsp3) is 0.417. The molecule has 84 valence electrons. The molecule has 1 fully saturated rings. The highest BCUT2D eigenvalue weighted by Crippen LogP contribution is 2.21. The molecule has 0 bridgehead atoms. The van der Waals surface area contributed by atoms with E-state index in [-0.39, 0.29) is 5.43 Å². The third-order valence-corrected chi connectivity index (χ3v) is 3.20. The van der Waals surface area contributed by atoms with Crippen molar-refractivity contribution in [3.8, 4) is 0 Å². The molecule has 16 heavy (non-hydrogen) atoms. The van der Waals surface area contributed by atoms with E-state index < -0.39 is 0 Å². The van der Waals surface area contributed by atoms with Gasteiger partial charge in [0.1, 0.15) is 5.82 Å². The van der Waals surface area contributed by atoms with E-state index >= 15 is 0 Å². The van der Waals surface area contributed by atoms with Gasteiger partial charge < -0.3 is 5.32 Å². The minimum absolute atomic E-state index is 0.0476. The van der Waals surface area contributed by atoms with Crippen LogP contribution in [0.15, 0.2) is 29.2 Å². The van der Waals surface area contributed by atoms with E-state index in [9.17, 15) is 4.79 Å². The largest absolute Gasteiger partial charge is 0.368 e. The summed E-state index contributed by atoms with van der Waals surface area (Å²) in [5.41, 5.74) is 0.958. The predicted octanol–water partition coefficient (Wildman–Crippen LogP) is 1.98. The topological polar surface area (TPSA) is 49.3 Å². The lowest BCUT2D eigenvalue weighted by atomic mass is 10.2. The standard InChI is InChI=1S/C12H15N3O/c16-11-5-6-15-10(7-11)8-12(14-15)13-9-3-1-2-4-9/h5-9,13-14H,1-4H2. The molecule has 3 rings (SSSR count). The Bertz CT molecular complexity index is 549. The Morgan fingerprint density at radius 1 is 1.31 bits per heavy atom. The first-order valence-electron chi connectivity index (χ1n) is 5.79. The molecule has 4 heteroatoms. The van der Waals surface area contributed by atoms with Gasteiger partial charge in [0.05, 0.1) is 5.52 Å². The number of hydrogen-bond donors (Lipinski definition) is 2. The van der Waals surface area contributed by atoms with Crippen molar-refractivity contribution >= 4 is 11.3 Å². The molecular formula is C12H15N3O. The third-order valence-electron chi connectivity index (χ3n) is 3.20. The molecule has 1 aliphatic rings. The van der Waals surface area contributed by atoms with E-state index in [4.69, 9.17) is 0 Å². The zero-order valence-corrected chi connectivity index (χ0v) is 9.07. The second-order valence-corrected chi connectivity index (χ2v) is 4.45. The first-order valence-corrected chi connectivity index (χ1v) is 5.79. The van der Waals surface area contributed by atoms with E-state index in [1.54, 1.807) is 18.3 Å². The summed E-state index contributed by atoms with van der Waals surface area (Å²) in [4.78, 5) is 11.2. The lowest BCUT2D eigenvalue weighted by Crippen LogP contribution is -2.14. The molecule has 1 aliphatic carbocycles. The predicted molar refractivity (Wildman–Crippen MR) is 63.9 cm³/mol. The number of H-pyrrole nitrogens is 1. The van der Waals surface area contributed by atoms with Crippen molar-refractivity contribution in [3.05, 3.63) is 34.6 Å². The zero-order chi connectivity index (χ0) is 11.0. The van der Waals surface area contributed by atoms with Crippen molar-refractivity contribution in [3.63, 3.8) is 0 Å². The molecular weight excluding hydrogens is 202 g/mol. The molecule has 0 aliphatic heterocycles. The minimum Gasteiger partial charge on any atom is -0.368 e. The average Bonchev–Trinajstić information content (AvgIpc) is 2.86. The molecule has 2 N–H and O–H groups in total. The molecule has 0 spiro atoms. The Morgan fingerprint density at radius 3 is 2.94 bits per heavy atom. The summed E-state index contributed by atoms with van der Waals surface area (Å²) in [6.07, 6.45) is 6.88. The molecule has 0 radical (unpaired) electrons. The third kappa shape index (κ3) is 1.71. The molecule has 2 heterocycles. The Kier molecular flexibility index (Phi) is 2.20. The second-order valence-electron chi connectivity index (χ2n) is 4.45. The summed E-state index contributed by atoms with van der Waals surface area (Å²) in [6, 6.07) is 5.76. The van der Waals surface area contributed by atoms with Crippen molar-refractivity contribution in [1.29, 1.82) is 0 Å². The van der Waals surface area contributed by atoms with Gasteiger partial charge in [0.15, 0.2) is 5.43 Å². The van der Waals surface area contributed by atoms with Crippen LogP contribution < -0.4 is 10.7 Å². The maximum atomic E-state index is 11.2. The molecule has 0 aromatic carbocycles. The SMILES string of the molecule is O=c1ccn2[nH]c(NC3CCCC3)cc2c1. The fourth-order valence-corrected chi connectivity index (χ4v) is 2.38. The van der Waals surface area contributed by atoms with E-state index in [1.807, 2.05) is 10.6 Å². The number of nitrogens with one attached hydrogen (secondary N) is 2. The summed E-state index contributed by atoms with van der Waals surface area (Å²) in [5.74, 6) is 0.998. The molecule has 2 aromatic heterocycles. The van der Waals surface area contributed by atoms with Crippen molar-refractivity contribution < 1.29 is 0 Å². The van der Waals surface area contributed by atoms with Gasteiger partial charge in [-0.05, 0) is 12.8 Å². The first kappa shape index (κ1) is 9.51. The number of pyridine rings is 1. The van der Waals surface area contributed by atoms with E-state index in [2.05, 4.69) is 10.4 Å². The van der Waals surface area contributed by atoms with Crippen molar-refractivity contribution in [1.82, 2.24) is 9.61 Å². The Hall–Kier alpha value is -1.71. The number of anilines is 1. The van der Waals surface area contributed by atoms with Gasteiger partial charge in [-0.1, -0.05) is 12.8 Å². The highest BCUT2D eigenvalue weighted by Gasteiger charge is 2.15. The van der Waals surface area contributed by atoms with E-state index in [0.29, 0.717) is 6.04 Å². The van der Waals surface area contributed by atoms with Crippen LogP contribution in [0.1, 0.15) is 25.7 Å². The zero-order valence-electron chi connectivity index (χ0n) is 9.07. The molecule has 4 nitrogen and oxygen atoms in total. The van der Waals surface area contributed by atoms with Crippen LogP contribution in [0.4, 0.5) is 5.82 Å². The maximum Gasteiger partial charge on any atom is 0.182 e. The second kappa shape index (κ2) is 3.70. The van der Waals surface area contributed by atoms with Crippen LogP contribution in [-0.2, 0) is 0 Å². The van der Waals surface area contributed by atoms with Crippen molar-refractivity contribution in [2.75, 3.05) is 5.32 Å². The van der Waals surface area contributed by atoms with Crippen LogP contribution in [0.5, 0.6) is 0 Å². The Morgan fingerprint density at radius 2 is 2.12 bits per heavy atom. The summed E-state index contributed by atoms with van der Waals surface area (Å²) in [5, 5.41) is 6.69. The Labute approximate surface area is 93.3 Å². The summed E-state index contributed by atoms with van der Waals surface area (Å²) >= 11 is 0. The molecule has 0 atom stereocenters. The van der Waals surface area contributed by atoms with Gasteiger partial charge >= 0.3 is 0 Å². The van der Waals surface area contributed by atoms with Gasteiger partial charge in [-0.25, -0.2) is 0 Å². The normalized spacial score (nSPS) is 17.0. The number of aromatic amines is 1. The Balaban J connectivity index is 1.89. The van der Waals surface area contributed by atoms with Crippen LogP contribution in [0, 0.1) is 0 Å². The van der Waals surface area contributed by atoms with Crippen LogP contribution in [0.2, 0.25) is 0 Å². The van der Waals surface area contributed by atoms with Crippen LogP contribution in [0.25, 0.3) is 5.52 Å². The lowest BCUT2D eigenvalue weighted by Gasteiger charge is -2.10. The summed E-state index contributed by atoms with van der Waals surface area (Å²) in [7, 11) is 0. The molecule has 0 amide bonds. The van der Waals surface area contributed by atoms with Crippen LogP contribution in [0.3, 0.4) is 0 Å². The highest BCUT2D eigenvalue weighted by molar-refractivity contribution is 5.55. The first-order chi connectivity index (χ1) is 7.81. The quantitative estimate of drug-likeness (QED) is 0.808.